The molecule has 0 aliphatic heterocycles. The van der Waals surface area contributed by atoms with Crippen molar-refractivity contribution in [1.82, 2.24) is 4.98 Å². The van der Waals surface area contributed by atoms with E-state index in [1.165, 1.54) is 5.56 Å². The van der Waals surface area contributed by atoms with Gasteiger partial charge in [-0.25, -0.2) is 0 Å². The maximum Gasteiger partial charge on any atom is 0.161 e. The Kier molecular flexibility index (Phi) is 5.87. The fraction of sp³-hybridized carbons (Fsp3) is 0.312. The lowest BCUT2D eigenvalue weighted by atomic mass is 10.2. The number of rotatable bonds is 7. The zero-order chi connectivity index (χ0) is 14.2. The lowest BCUT2D eigenvalue weighted by Crippen LogP contribution is -2.04. The summed E-state index contributed by atoms with van der Waals surface area (Å²) in [6.45, 7) is 3.19. The van der Waals surface area contributed by atoms with Gasteiger partial charge in [-0.15, -0.1) is 0 Å². The Morgan fingerprint density at radius 1 is 1.10 bits per heavy atom. The first-order chi connectivity index (χ1) is 9.83. The van der Waals surface area contributed by atoms with Crippen molar-refractivity contribution in [1.29, 1.82) is 0 Å². The molecule has 1 aromatic heterocycles. The molecule has 4 heteroatoms. The summed E-state index contributed by atoms with van der Waals surface area (Å²) < 4.78 is 11.4. The van der Waals surface area contributed by atoms with Crippen LogP contribution in [-0.2, 0) is 11.8 Å². The van der Waals surface area contributed by atoms with Crippen molar-refractivity contribution in [3.05, 3.63) is 53.9 Å². The van der Waals surface area contributed by atoms with Crippen LogP contribution in [0.4, 0.5) is 0 Å². The van der Waals surface area contributed by atoms with E-state index in [2.05, 4.69) is 20.9 Å². The van der Waals surface area contributed by atoms with E-state index in [4.69, 9.17) is 9.47 Å². The van der Waals surface area contributed by atoms with Crippen LogP contribution in [-0.4, -0.2) is 18.2 Å². The van der Waals surface area contributed by atoms with Crippen LogP contribution in [0.5, 0.6) is 11.5 Å². The van der Waals surface area contributed by atoms with Crippen molar-refractivity contribution in [3.63, 3.8) is 0 Å². The predicted octanol–water partition coefficient (Wildman–Crippen LogP) is 4.00. The molecule has 1 aromatic carbocycles. The van der Waals surface area contributed by atoms with E-state index in [-0.39, 0.29) is 0 Å². The molecule has 0 spiro atoms. The summed E-state index contributed by atoms with van der Waals surface area (Å²) in [6.07, 6.45) is 2.58. The van der Waals surface area contributed by atoms with Crippen molar-refractivity contribution in [3.8, 4) is 11.5 Å². The highest BCUT2D eigenvalue weighted by molar-refractivity contribution is 9.08. The number of hydrogen-bond donors (Lipinski definition) is 0. The molecule has 0 fully saturated rings. The molecule has 2 rings (SSSR count). The molecule has 20 heavy (non-hydrogen) atoms. The van der Waals surface area contributed by atoms with Gasteiger partial charge in [-0.2, -0.15) is 0 Å². The van der Waals surface area contributed by atoms with Gasteiger partial charge in [0.1, 0.15) is 0 Å². The molecule has 0 aliphatic rings. The van der Waals surface area contributed by atoms with Crippen LogP contribution >= 0.6 is 15.9 Å². The van der Waals surface area contributed by atoms with Gasteiger partial charge in [-0.3, -0.25) is 4.98 Å². The summed E-state index contributed by atoms with van der Waals surface area (Å²) in [5, 5.41) is 0.807. The van der Waals surface area contributed by atoms with E-state index >= 15 is 0 Å². The molecular weight excluding hydrogens is 318 g/mol. The minimum atomic E-state index is 0.588. The summed E-state index contributed by atoms with van der Waals surface area (Å²) in [4.78, 5) is 4.28. The van der Waals surface area contributed by atoms with Gasteiger partial charge in [0.2, 0.25) is 0 Å². The zero-order valence-electron chi connectivity index (χ0n) is 11.5. The van der Waals surface area contributed by atoms with E-state index in [1.807, 2.05) is 43.3 Å². The number of alkyl halides is 1. The highest BCUT2D eigenvalue weighted by Crippen LogP contribution is 2.29. The quantitative estimate of drug-likeness (QED) is 0.716. The molecule has 2 aromatic rings. The van der Waals surface area contributed by atoms with Gasteiger partial charge in [-0.05, 0) is 36.8 Å². The van der Waals surface area contributed by atoms with Crippen LogP contribution in [0.25, 0.3) is 0 Å². The normalized spacial score (nSPS) is 10.3. The van der Waals surface area contributed by atoms with Crippen molar-refractivity contribution in [2.45, 2.75) is 18.7 Å². The van der Waals surface area contributed by atoms with Crippen molar-refractivity contribution in [2.24, 2.45) is 0 Å². The average Bonchev–Trinajstić information content (AvgIpc) is 2.50. The fourth-order valence-electron chi connectivity index (χ4n) is 1.83. The Labute approximate surface area is 128 Å². The minimum absolute atomic E-state index is 0.588. The highest BCUT2D eigenvalue weighted by Gasteiger charge is 2.06. The first-order valence-corrected chi connectivity index (χ1v) is 7.80. The molecule has 0 saturated carbocycles. The van der Waals surface area contributed by atoms with Gasteiger partial charge >= 0.3 is 0 Å². The number of ether oxygens (including phenoxy) is 2. The molecule has 0 N–H and O–H groups in total. The fourth-order valence-corrected chi connectivity index (χ4v) is 2.18. The Balaban J connectivity index is 1.98. The van der Waals surface area contributed by atoms with Crippen LogP contribution in [0.2, 0.25) is 0 Å². The maximum absolute atomic E-state index is 5.81. The summed E-state index contributed by atoms with van der Waals surface area (Å²) in [5.74, 6) is 1.58. The van der Waals surface area contributed by atoms with E-state index in [0.717, 1.165) is 28.9 Å². The van der Waals surface area contributed by atoms with Gasteiger partial charge in [0.05, 0.1) is 13.2 Å². The molecule has 3 nitrogen and oxygen atoms in total. The summed E-state index contributed by atoms with van der Waals surface area (Å²) in [6, 6.07) is 11.9. The monoisotopic (exact) mass is 335 g/mol. The lowest BCUT2D eigenvalue weighted by molar-refractivity contribution is 0.278. The van der Waals surface area contributed by atoms with Crippen molar-refractivity contribution >= 4 is 15.9 Å². The van der Waals surface area contributed by atoms with Crippen LogP contribution in [0.1, 0.15) is 18.2 Å². The molecule has 0 aliphatic carbocycles. The number of hydrogen-bond acceptors (Lipinski definition) is 3. The smallest absolute Gasteiger partial charge is 0.161 e. The number of halogens is 1. The van der Waals surface area contributed by atoms with Gasteiger partial charge in [0, 0.05) is 23.6 Å². The van der Waals surface area contributed by atoms with E-state index in [1.54, 1.807) is 6.20 Å². The van der Waals surface area contributed by atoms with Gasteiger partial charge in [-0.1, -0.05) is 28.1 Å². The molecule has 0 unspecified atom stereocenters. The molecule has 0 amide bonds. The third-order valence-electron chi connectivity index (χ3n) is 2.80. The van der Waals surface area contributed by atoms with Crippen LogP contribution in [0, 0.1) is 0 Å². The van der Waals surface area contributed by atoms with Crippen molar-refractivity contribution < 1.29 is 9.47 Å². The Morgan fingerprint density at radius 2 is 2.00 bits per heavy atom. The standard InChI is InChI=1S/C16H18BrNO2/c1-2-19-16-11-13(12-17)6-7-15(16)20-10-8-14-5-3-4-9-18-14/h3-7,9,11H,2,8,10,12H2,1H3. The topological polar surface area (TPSA) is 31.4 Å². The Bertz CT molecular complexity index is 531. The maximum atomic E-state index is 5.81. The second kappa shape index (κ2) is 7.90. The van der Waals surface area contributed by atoms with Gasteiger partial charge in [0.15, 0.2) is 11.5 Å². The molecular formula is C16H18BrNO2. The van der Waals surface area contributed by atoms with Crippen LogP contribution in [0.3, 0.4) is 0 Å². The average molecular weight is 336 g/mol. The molecule has 106 valence electrons. The molecule has 0 radical (unpaired) electrons. The zero-order valence-corrected chi connectivity index (χ0v) is 13.1. The number of benzene rings is 1. The molecule has 1 heterocycles. The highest BCUT2D eigenvalue weighted by atomic mass is 79.9. The van der Waals surface area contributed by atoms with Crippen LogP contribution in [0.15, 0.2) is 42.6 Å². The SMILES string of the molecule is CCOc1cc(CBr)ccc1OCCc1ccccn1. The van der Waals surface area contributed by atoms with E-state index < -0.39 is 0 Å². The van der Waals surface area contributed by atoms with E-state index in [0.29, 0.717) is 13.2 Å². The summed E-state index contributed by atoms with van der Waals surface area (Å²) in [5.41, 5.74) is 2.20. The van der Waals surface area contributed by atoms with Gasteiger partial charge in [0.25, 0.3) is 0 Å². The number of nitrogens with zero attached hydrogens (tertiary/aromatic N) is 1. The molecule has 0 saturated heterocycles. The Hall–Kier alpha value is -1.55. The molecule has 0 bridgehead atoms. The Morgan fingerprint density at radius 3 is 2.70 bits per heavy atom. The third-order valence-corrected chi connectivity index (χ3v) is 3.45. The first kappa shape index (κ1) is 14.9. The summed E-state index contributed by atoms with van der Waals surface area (Å²) >= 11 is 3.45. The predicted molar refractivity (Wildman–Crippen MR) is 83.7 cm³/mol. The first-order valence-electron chi connectivity index (χ1n) is 6.68. The second-order valence-corrected chi connectivity index (χ2v) is 4.83. The minimum Gasteiger partial charge on any atom is -0.490 e. The summed E-state index contributed by atoms with van der Waals surface area (Å²) in [7, 11) is 0. The number of aromatic nitrogens is 1. The second-order valence-electron chi connectivity index (χ2n) is 4.27. The van der Waals surface area contributed by atoms with Crippen LogP contribution < -0.4 is 9.47 Å². The molecule has 0 atom stereocenters. The lowest BCUT2D eigenvalue weighted by Gasteiger charge is -2.12. The number of pyridine rings is 1. The van der Waals surface area contributed by atoms with Crippen molar-refractivity contribution in [2.75, 3.05) is 13.2 Å². The third kappa shape index (κ3) is 4.23. The van der Waals surface area contributed by atoms with Gasteiger partial charge < -0.3 is 9.47 Å². The largest absolute Gasteiger partial charge is 0.490 e. The van der Waals surface area contributed by atoms with E-state index in [9.17, 15) is 0 Å².